The lowest BCUT2D eigenvalue weighted by molar-refractivity contribution is -0.0598. The zero-order chi connectivity index (χ0) is 13.8. The highest BCUT2D eigenvalue weighted by Crippen LogP contribution is 2.65. The van der Waals surface area contributed by atoms with Gasteiger partial charge in [0, 0.05) is 5.41 Å². The molecule has 1 unspecified atom stereocenters. The SMILES string of the molecule is C[C@@]12CCC[C@H]1[C@@H]1CCC3CC=CC[C@]3(C=S)[C@H]1CC2. The Bertz CT molecular complexity index is 439. The van der Waals surface area contributed by atoms with Gasteiger partial charge in [-0.15, -0.1) is 0 Å². The van der Waals surface area contributed by atoms with Gasteiger partial charge in [-0.25, -0.2) is 0 Å². The summed E-state index contributed by atoms with van der Waals surface area (Å²) < 4.78 is 0. The van der Waals surface area contributed by atoms with E-state index in [1.807, 2.05) is 0 Å². The van der Waals surface area contributed by atoms with Crippen LogP contribution in [0, 0.1) is 34.5 Å². The summed E-state index contributed by atoms with van der Waals surface area (Å²) in [6.45, 7) is 2.60. The predicted octanol–water partition coefficient (Wildman–Crippen LogP) is 5.57. The quantitative estimate of drug-likeness (QED) is 0.449. The summed E-state index contributed by atoms with van der Waals surface area (Å²) >= 11 is 5.62. The monoisotopic (exact) mass is 288 g/mol. The van der Waals surface area contributed by atoms with E-state index in [0.29, 0.717) is 10.8 Å². The van der Waals surface area contributed by atoms with E-state index in [9.17, 15) is 0 Å². The molecule has 4 aliphatic rings. The van der Waals surface area contributed by atoms with E-state index in [1.54, 1.807) is 0 Å². The van der Waals surface area contributed by atoms with Crippen molar-refractivity contribution in [2.45, 2.75) is 64.7 Å². The van der Waals surface area contributed by atoms with Crippen molar-refractivity contribution in [1.82, 2.24) is 0 Å². The van der Waals surface area contributed by atoms with Gasteiger partial charge in [-0.1, -0.05) is 37.7 Å². The molecule has 0 radical (unpaired) electrons. The van der Waals surface area contributed by atoms with Gasteiger partial charge in [0.2, 0.25) is 0 Å². The van der Waals surface area contributed by atoms with Crippen molar-refractivity contribution in [3.05, 3.63) is 12.2 Å². The third-order valence-electron chi connectivity index (χ3n) is 7.80. The Morgan fingerprint density at radius 2 is 1.95 bits per heavy atom. The molecule has 0 aromatic rings. The molecule has 0 bridgehead atoms. The first-order valence-corrected chi connectivity index (χ1v) is 9.28. The van der Waals surface area contributed by atoms with Crippen LogP contribution in [0.25, 0.3) is 0 Å². The molecule has 0 aromatic heterocycles. The zero-order valence-corrected chi connectivity index (χ0v) is 13.6. The molecule has 0 nitrogen and oxygen atoms in total. The maximum atomic E-state index is 5.62. The second-order valence-electron chi connectivity index (χ2n) is 8.38. The van der Waals surface area contributed by atoms with Gasteiger partial charge in [-0.2, -0.15) is 0 Å². The molecule has 0 amide bonds. The number of fused-ring (bicyclic) bond motifs is 5. The Hall–Kier alpha value is -0.170. The van der Waals surface area contributed by atoms with E-state index in [2.05, 4.69) is 24.4 Å². The average Bonchev–Trinajstić information content (AvgIpc) is 2.88. The van der Waals surface area contributed by atoms with Crippen molar-refractivity contribution in [2.75, 3.05) is 0 Å². The van der Waals surface area contributed by atoms with Crippen molar-refractivity contribution in [2.24, 2.45) is 34.5 Å². The number of thiocarbonyl (C=S) groups is 1. The fourth-order valence-electron chi connectivity index (χ4n) is 6.75. The van der Waals surface area contributed by atoms with E-state index in [0.717, 1.165) is 23.7 Å². The second kappa shape index (κ2) is 4.66. The fourth-order valence-corrected chi connectivity index (χ4v) is 7.21. The van der Waals surface area contributed by atoms with Crippen LogP contribution in [-0.2, 0) is 0 Å². The molecule has 20 heavy (non-hydrogen) atoms. The molecule has 6 atom stereocenters. The largest absolute Gasteiger partial charge is 0.0928 e. The van der Waals surface area contributed by atoms with E-state index < -0.39 is 0 Å². The first-order valence-electron chi connectivity index (χ1n) is 8.81. The summed E-state index contributed by atoms with van der Waals surface area (Å²) in [6.07, 6.45) is 17.7. The van der Waals surface area contributed by atoms with Gasteiger partial charge in [-0.05, 0) is 85.8 Å². The van der Waals surface area contributed by atoms with Crippen molar-refractivity contribution < 1.29 is 0 Å². The van der Waals surface area contributed by atoms with Crippen LogP contribution in [0.15, 0.2) is 12.2 Å². The van der Waals surface area contributed by atoms with E-state index >= 15 is 0 Å². The average molecular weight is 289 g/mol. The summed E-state index contributed by atoms with van der Waals surface area (Å²) in [5.74, 6) is 3.76. The molecule has 3 fully saturated rings. The van der Waals surface area contributed by atoms with Crippen LogP contribution in [0.2, 0.25) is 0 Å². The topological polar surface area (TPSA) is 0 Å². The van der Waals surface area contributed by atoms with Crippen LogP contribution in [0.4, 0.5) is 0 Å². The van der Waals surface area contributed by atoms with Crippen molar-refractivity contribution >= 4 is 17.6 Å². The molecule has 4 aliphatic carbocycles. The molecule has 0 aliphatic heterocycles. The molecular formula is C19H28S. The first-order chi connectivity index (χ1) is 9.70. The summed E-state index contributed by atoms with van der Waals surface area (Å²) in [6, 6.07) is 0. The Labute approximate surface area is 129 Å². The maximum Gasteiger partial charge on any atom is 0.00829 e. The number of allylic oxidation sites excluding steroid dienone is 2. The molecule has 0 spiro atoms. The molecular weight excluding hydrogens is 260 g/mol. The lowest BCUT2D eigenvalue weighted by Gasteiger charge is -2.59. The summed E-state index contributed by atoms with van der Waals surface area (Å²) in [5, 5.41) is 2.23. The minimum absolute atomic E-state index is 0.386. The molecule has 0 heterocycles. The van der Waals surface area contributed by atoms with Gasteiger partial charge in [0.1, 0.15) is 0 Å². The summed E-state index contributed by atoms with van der Waals surface area (Å²) in [5.41, 5.74) is 1.07. The second-order valence-corrected chi connectivity index (χ2v) is 8.61. The third kappa shape index (κ3) is 1.68. The fraction of sp³-hybridized carbons (Fsp3) is 0.842. The van der Waals surface area contributed by atoms with Crippen LogP contribution < -0.4 is 0 Å². The zero-order valence-electron chi connectivity index (χ0n) is 12.8. The van der Waals surface area contributed by atoms with E-state index in [1.165, 1.54) is 57.8 Å². The smallest absolute Gasteiger partial charge is 0.00829 e. The minimum Gasteiger partial charge on any atom is -0.0928 e. The standard InChI is InChI=1S/C19H28S/c1-18-10-4-6-16(18)15-8-7-14-5-2-3-11-19(14,13-20)17(15)9-12-18/h2-3,13-17H,4-12H2,1H3/t14?,15-,16-,17-,18-,19+/m0/s1. The van der Waals surface area contributed by atoms with Crippen LogP contribution in [0.1, 0.15) is 64.7 Å². The van der Waals surface area contributed by atoms with Crippen molar-refractivity contribution in [3.8, 4) is 0 Å². The van der Waals surface area contributed by atoms with E-state index in [-0.39, 0.29) is 0 Å². The van der Waals surface area contributed by atoms with Gasteiger partial charge in [0.25, 0.3) is 0 Å². The molecule has 3 saturated carbocycles. The van der Waals surface area contributed by atoms with Crippen LogP contribution in [0.3, 0.4) is 0 Å². The Kier molecular flexibility index (Phi) is 3.15. The third-order valence-corrected chi connectivity index (χ3v) is 8.23. The molecule has 110 valence electrons. The highest BCUT2D eigenvalue weighted by Gasteiger charge is 2.57. The number of rotatable bonds is 1. The highest BCUT2D eigenvalue weighted by molar-refractivity contribution is 7.79. The Morgan fingerprint density at radius 3 is 2.80 bits per heavy atom. The highest BCUT2D eigenvalue weighted by atomic mass is 32.1. The van der Waals surface area contributed by atoms with Gasteiger partial charge in [0.05, 0.1) is 0 Å². The van der Waals surface area contributed by atoms with Gasteiger partial charge in [0.15, 0.2) is 0 Å². The number of hydrogen-bond acceptors (Lipinski definition) is 1. The van der Waals surface area contributed by atoms with Gasteiger partial charge < -0.3 is 0 Å². The minimum atomic E-state index is 0.386. The molecule has 0 aromatic carbocycles. The van der Waals surface area contributed by atoms with E-state index in [4.69, 9.17) is 12.2 Å². The van der Waals surface area contributed by atoms with Crippen LogP contribution >= 0.6 is 12.2 Å². The molecule has 4 rings (SSSR count). The lowest BCUT2D eigenvalue weighted by Crippen LogP contribution is -2.53. The summed E-state index contributed by atoms with van der Waals surface area (Å²) in [7, 11) is 0. The van der Waals surface area contributed by atoms with Crippen molar-refractivity contribution in [1.29, 1.82) is 0 Å². The molecule has 1 heteroatoms. The van der Waals surface area contributed by atoms with Gasteiger partial charge >= 0.3 is 0 Å². The molecule has 0 saturated heterocycles. The normalized spacial score (nSPS) is 53.9. The number of hydrogen-bond donors (Lipinski definition) is 0. The maximum absolute atomic E-state index is 5.62. The van der Waals surface area contributed by atoms with Crippen molar-refractivity contribution in [3.63, 3.8) is 0 Å². The Morgan fingerprint density at radius 1 is 1.05 bits per heavy atom. The first kappa shape index (κ1) is 13.5. The Balaban J connectivity index is 1.70. The predicted molar refractivity (Wildman–Crippen MR) is 88.8 cm³/mol. The summed E-state index contributed by atoms with van der Waals surface area (Å²) in [4.78, 5) is 0. The molecule has 0 N–H and O–H groups in total. The van der Waals surface area contributed by atoms with Crippen LogP contribution in [-0.4, -0.2) is 5.37 Å². The van der Waals surface area contributed by atoms with Crippen LogP contribution in [0.5, 0.6) is 0 Å². The lowest BCUT2D eigenvalue weighted by atomic mass is 9.46. The van der Waals surface area contributed by atoms with Gasteiger partial charge in [-0.3, -0.25) is 0 Å².